The highest BCUT2D eigenvalue weighted by molar-refractivity contribution is 5.68. The molecule has 4 nitrogen and oxygen atoms in total. The van der Waals surface area contributed by atoms with Crippen molar-refractivity contribution in [3.63, 3.8) is 0 Å². The van der Waals surface area contributed by atoms with Gasteiger partial charge in [-0.3, -0.25) is 0 Å². The lowest BCUT2D eigenvalue weighted by atomic mass is 9.95. The number of nitrogens with zero attached hydrogens (tertiary/aromatic N) is 1. The fourth-order valence-electron chi connectivity index (χ4n) is 2.50. The lowest BCUT2D eigenvalue weighted by Gasteiger charge is -2.29. The summed E-state index contributed by atoms with van der Waals surface area (Å²) >= 11 is 0. The Labute approximate surface area is 124 Å². The third kappa shape index (κ3) is 5.95. The maximum Gasteiger partial charge on any atom is 0.415 e. The zero-order chi connectivity index (χ0) is 15.9. The monoisotopic (exact) mass is 285 g/mol. The molecule has 1 amide bonds. The first-order valence-corrected chi connectivity index (χ1v) is 7.40. The molecule has 0 unspecified atom stereocenters. The van der Waals surface area contributed by atoms with Gasteiger partial charge in [-0.1, -0.05) is 20.8 Å². The fraction of sp³-hybridized carbons (Fsp3) is 0.812. The van der Waals surface area contributed by atoms with Crippen LogP contribution in [0.1, 0.15) is 48.5 Å². The molecule has 0 aliphatic heterocycles. The first kappa shape index (κ1) is 19.0. The van der Waals surface area contributed by atoms with E-state index in [-0.39, 0.29) is 30.2 Å². The Kier molecular flexibility index (Phi) is 8.54. The third-order valence-corrected chi connectivity index (χ3v) is 3.32. The number of methoxy groups -OCH3 is 1. The smallest absolute Gasteiger partial charge is 0.415 e. The molecule has 0 rings (SSSR count). The predicted octanol–water partition coefficient (Wildman–Crippen LogP) is 4.06. The predicted molar refractivity (Wildman–Crippen MR) is 82.5 cm³/mol. The zero-order valence-corrected chi connectivity index (χ0v) is 14.2. The van der Waals surface area contributed by atoms with Gasteiger partial charge >= 0.3 is 6.09 Å². The Balaban J connectivity index is 4.53. The number of hydrogen-bond acceptors (Lipinski definition) is 3. The third-order valence-electron chi connectivity index (χ3n) is 3.32. The van der Waals surface area contributed by atoms with Gasteiger partial charge in [-0.15, -0.1) is 0 Å². The van der Waals surface area contributed by atoms with Gasteiger partial charge in [0.05, 0.1) is 12.4 Å². The quantitative estimate of drug-likeness (QED) is 0.662. The topological polar surface area (TPSA) is 38.8 Å². The van der Waals surface area contributed by atoms with Crippen LogP contribution in [0.4, 0.5) is 4.79 Å². The van der Waals surface area contributed by atoms with Gasteiger partial charge in [-0.2, -0.15) is 0 Å². The number of carbonyl (C=O) groups excluding carboxylic acids is 1. The highest BCUT2D eigenvalue weighted by Gasteiger charge is 2.21. The maximum absolute atomic E-state index is 12.0. The molecular formula is C16H31NO3. The van der Waals surface area contributed by atoms with Crippen LogP contribution >= 0.6 is 0 Å². The lowest BCUT2D eigenvalue weighted by molar-refractivity contribution is 0.0369. The van der Waals surface area contributed by atoms with Crippen molar-refractivity contribution in [2.45, 2.75) is 66.7 Å². The average molecular weight is 285 g/mol. The standard InChI is InChI=1S/C16H31NO3/c1-11(2)15(19-8)14(7)9-10-20-16(18)17(12(3)4)13(5)6/h9-15H,1-8H3/b10-9-/t14-,15+/m0/s1. The van der Waals surface area contributed by atoms with Crippen LogP contribution in [-0.2, 0) is 9.47 Å². The van der Waals surface area contributed by atoms with Crippen molar-refractivity contribution in [1.29, 1.82) is 0 Å². The molecule has 4 heteroatoms. The average Bonchev–Trinajstić information content (AvgIpc) is 2.27. The summed E-state index contributed by atoms with van der Waals surface area (Å²) < 4.78 is 10.7. The van der Waals surface area contributed by atoms with E-state index in [1.54, 1.807) is 12.0 Å². The van der Waals surface area contributed by atoms with Crippen LogP contribution in [0.15, 0.2) is 12.3 Å². The summed E-state index contributed by atoms with van der Waals surface area (Å²) in [4.78, 5) is 13.7. The molecule has 0 saturated heterocycles. The fourth-order valence-corrected chi connectivity index (χ4v) is 2.50. The van der Waals surface area contributed by atoms with Gasteiger partial charge in [0.25, 0.3) is 0 Å². The van der Waals surface area contributed by atoms with E-state index in [4.69, 9.17) is 9.47 Å². The van der Waals surface area contributed by atoms with E-state index in [9.17, 15) is 4.79 Å². The van der Waals surface area contributed by atoms with Gasteiger partial charge in [0.2, 0.25) is 0 Å². The van der Waals surface area contributed by atoms with Crippen molar-refractivity contribution in [2.24, 2.45) is 11.8 Å². The Morgan fingerprint density at radius 2 is 1.50 bits per heavy atom. The molecule has 0 radical (unpaired) electrons. The summed E-state index contributed by atoms with van der Waals surface area (Å²) in [6.07, 6.45) is 3.18. The molecule has 118 valence electrons. The number of carbonyl (C=O) groups is 1. The van der Waals surface area contributed by atoms with Crippen molar-refractivity contribution < 1.29 is 14.3 Å². The van der Waals surface area contributed by atoms with E-state index in [0.717, 1.165) is 0 Å². The van der Waals surface area contributed by atoms with Gasteiger partial charge in [0.15, 0.2) is 0 Å². The maximum atomic E-state index is 12.0. The highest BCUT2D eigenvalue weighted by Crippen LogP contribution is 2.17. The SMILES string of the molecule is CO[C@H](C(C)C)[C@@H](C)/C=C\OC(=O)N(C(C)C)C(C)C. The minimum absolute atomic E-state index is 0.121. The van der Waals surface area contributed by atoms with E-state index in [0.29, 0.717) is 5.92 Å². The molecule has 0 fully saturated rings. The second-order valence-corrected chi connectivity index (χ2v) is 6.11. The first-order chi connectivity index (χ1) is 9.22. The van der Waals surface area contributed by atoms with E-state index in [1.165, 1.54) is 6.26 Å². The van der Waals surface area contributed by atoms with Gasteiger partial charge in [-0.05, 0) is 39.7 Å². The molecule has 0 saturated carbocycles. The van der Waals surface area contributed by atoms with Crippen LogP contribution in [0.5, 0.6) is 0 Å². The van der Waals surface area contributed by atoms with Crippen LogP contribution in [0.3, 0.4) is 0 Å². The Bertz CT molecular complexity index is 303. The first-order valence-electron chi connectivity index (χ1n) is 7.40. The van der Waals surface area contributed by atoms with Crippen LogP contribution in [-0.4, -0.2) is 36.3 Å². The van der Waals surface area contributed by atoms with Crippen molar-refractivity contribution in [2.75, 3.05) is 7.11 Å². The minimum Gasteiger partial charge on any atom is -0.418 e. The van der Waals surface area contributed by atoms with Crippen molar-refractivity contribution in [1.82, 2.24) is 4.90 Å². The summed E-state index contributed by atoms with van der Waals surface area (Å²) in [5.41, 5.74) is 0. The van der Waals surface area contributed by atoms with E-state index in [2.05, 4.69) is 20.8 Å². The highest BCUT2D eigenvalue weighted by atomic mass is 16.5. The van der Waals surface area contributed by atoms with Crippen LogP contribution < -0.4 is 0 Å². The number of hydrogen-bond donors (Lipinski definition) is 0. The summed E-state index contributed by atoms with van der Waals surface area (Å²) in [6.45, 7) is 14.2. The molecule has 0 heterocycles. The van der Waals surface area contributed by atoms with Gasteiger partial charge < -0.3 is 14.4 Å². The molecule has 0 aliphatic rings. The van der Waals surface area contributed by atoms with Crippen LogP contribution in [0.25, 0.3) is 0 Å². The van der Waals surface area contributed by atoms with E-state index >= 15 is 0 Å². The largest absolute Gasteiger partial charge is 0.418 e. The second-order valence-electron chi connectivity index (χ2n) is 6.11. The molecule has 0 aromatic rings. The molecule has 0 N–H and O–H groups in total. The summed E-state index contributed by atoms with van der Waals surface area (Å²) in [5.74, 6) is 0.609. The van der Waals surface area contributed by atoms with E-state index < -0.39 is 0 Å². The number of amides is 1. The van der Waals surface area contributed by atoms with Gasteiger partial charge in [0.1, 0.15) is 0 Å². The Hall–Kier alpha value is -1.03. The molecule has 0 aromatic carbocycles. The summed E-state index contributed by atoms with van der Waals surface area (Å²) in [5, 5.41) is 0. The normalized spacial score (nSPS) is 15.2. The molecule has 0 spiro atoms. The molecule has 0 aliphatic carbocycles. The van der Waals surface area contributed by atoms with E-state index in [1.807, 2.05) is 33.8 Å². The molecule has 2 atom stereocenters. The molecular weight excluding hydrogens is 254 g/mol. The van der Waals surface area contributed by atoms with Crippen LogP contribution in [0, 0.1) is 11.8 Å². The Morgan fingerprint density at radius 3 is 1.85 bits per heavy atom. The summed E-state index contributed by atoms with van der Waals surface area (Å²) in [6, 6.07) is 0.242. The van der Waals surface area contributed by atoms with Gasteiger partial charge in [-0.25, -0.2) is 4.79 Å². The minimum atomic E-state index is -0.308. The second kappa shape index (κ2) is 9.01. The Morgan fingerprint density at radius 1 is 1.00 bits per heavy atom. The van der Waals surface area contributed by atoms with Crippen molar-refractivity contribution >= 4 is 6.09 Å². The van der Waals surface area contributed by atoms with Crippen LogP contribution in [0.2, 0.25) is 0 Å². The number of ether oxygens (including phenoxy) is 2. The summed E-state index contributed by atoms with van der Waals surface area (Å²) in [7, 11) is 1.71. The molecule has 20 heavy (non-hydrogen) atoms. The van der Waals surface area contributed by atoms with Crippen molar-refractivity contribution in [3.05, 3.63) is 12.3 Å². The van der Waals surface area contributed by atoms with Crippen molar-refractivity contribution in [3.8, 4) is 0 Å². The zero-order valence-electron chi connectivity index (χ0n) is 14.2. The molecule has 0 bridgehead atoms. The molecule has 0 aromatic heterocycles. The lowest BCUT2D eigenvalue weighted by Crippen LogP contribution is -2.41. The number of rotatable bonds is 7. The van der Waals surface area contributed by atoms with Gasteiger partial charge in [0, 0.05) is 25.1 Å².